The Balaban J connectivity index is 1.30. The maximum Gasteiger partial charge on any atom is 0.196 e. The van der Waals surface area contributed by atoms with Crippen LogP contribution in [0.1, 0.15) is 48.0 Å². The summed E-state index contributed by atoms with van der Waals surface area (Å²) < 4.78 is 5.99. The summed E-state index contributed by atoms with van der Waals surface area (Å²) in [5, 5.41) is 8.98. The van der Waals surface area contributed by atoms with Gasteiger partial charge in [0.05, 0.1) is 22.3 Å². The predicted molar refractivity (Wildman–Crippen MR) is 158 cm³/mol. The number of piperazine rings is 1. The van der Waals surface area contributed by atoms with Crippen LogP contribution in [0.2, 0.25) is 0 Å². The second-order valence-electron chi connectivity index (χ2n) is 11.3. The molecule has 0 unspecified atom stereocenters. The fourth-order valence-corrected chi connectivity index (χ4v) is 6.65. The smallest absolute Gasteiger partial charge is 0.196 e. The first-order valence-corrected chi connectivity index (χ1v) is 14.2. The van der Waals surface area contributed by atoms with Crippen molar-refractivity contribution in [2.45, 2.75) is 38.1 Å². The van der Waals surface area contributed by atoms with E-state index in [1.165, 1.54) is 32.1 Å². The Hall–Kier alpha value is -3.84. The third kappa shape index (κ3) is 4.16. The highest BCUT2D eigenvalue weighted by atomic mass is 16.5. The van der Waals surface area contributed by atoms with Crippen molar-refractivity contribution < 1.29 is 9.32 Å². The molecule has 1 aliphatic heterocycles. The minimum Gasteiger partial charge on any atom is -0.378 e. The van der Waals surface area contributed by atoms with Gasteiger partial charge in [-0.2, -0.15) is 0 Å². The molecule has 1 N–H and O–H groups in total. The van der Waals surface area contributed by atoms with Crippen LogP contribution < -0.4 is 15.1 Å². The van der Waals surface area contributed by atoms with E-state index in [4.69, 9.17) is 4.52 Å². The van der Waals surface area contributed by atoms with E-state index in [9.17, 15) is 4.79 Å². The summed E-state index contributed by atoms with van der Waals surface area (Å²) in [6.45, 7) is 3.98. The minimum absolute atomic E-state index is 0.00683. The molecule has 7 rings (SSSR count). The number of carbonyl (C=O) groups excluding carboxylic acids is 1. The largest absolute Gasteiger partial charge is 0.378 e. The molecule has 39 heavy (non-hydrogen) atoms. The van der Waals surface area contributed by atoms with E-state index >= 15 is 0 Å². The molecule has 200 valence electrons. The van der Waals surface area contributed by atoms with Crippen molar-refractivity contribution in [3.05, 3.63) is 65.7 Å². The van der Waals surface area contributed by atoms with Gasteiger partial charge in [0.2, 0.25) is 0 Å². The van der Waals surface area contributed by atoms with Gasteiger partial charge in [0, 0.05) is 68.8 Å². The molecule has 0 radical (unpaired) electrons. The zero-order chi connectivity index (χ0) is 26.5. The van der Waals surface area contributed by atoms with Crippen LogP contribution in [0.4, 0.5) is 22.7 Å². The van der Waals surface area contributed by atoms with Crippen molar-refractivity contribution in [2.24, 2.45) is 0 Å². The Bertz CT molecular complexity index is 1530. The molecule has 7 nitrogen and oxygen atoms in total. The number of hydrogen-bond donors (Lipinski definition) is 1. The van der Waals surface area contributed by atoms with Gasteiger partial charge < -0.3 is 19.6 Å². The number of carbonyl (C=O) groups is 1. The van der Waals surface area contributed by atoms with Gasteiger partial charge >= 0.3 is 0 Å². The number of hydrogen-bond acceptors (Lipinski definition) is 7. The van der Waals surface area contributed by atoms with E-state index in [1.807, 2.05) is 38.4 Å². The molecule has 0 atom stereocenters. The van der Waals surface area contributed by atoms with Crippen LogP contribution >= 0.6 is 0 Å². The van der Waals surface area contributed by atoms with E-state index in [0.29, 0.717) is 16.9 Å². The Kier molecular flexibility index (Phi) is 6.04. The van der Waals surface area contributed by atoms with Crippen LogP contribution in [0.25, 0.3) is 22.2 Å². The minimum atomic E-state index is 0.00683. The van der Waals surface area contributed by atoms with Gasteiger partial charge in [-0.05, 0) is 43.2 Å². The van der Waals surface area contributed by atoms with Crippen LogP contribution in [-0.4, -0.2) is 62.2 Å². The maximum absolute atomic E-state index is 13.9. The number of nitrogens with one attached hydrogen (secondary N) is 1. The zero-order valence-corrected chi connectivity index (χ0v) is 22.7. The van der Waals surface area contributed by atoms with Crippen molar-refractivity contribution in [3.63, 3.8) is 0 Å². The lowest BCUT2D eigenvalue weighted by molar-refractivity contribution is 0.104. The van der Waals surface area contributed by atoms with Crippen molar-refractivity contribution in [2.75, 3.05) is 55.4 Å². The number of aromatic nitrogens is 1. The molecule has 7 heteroatoms. The first-order chi connectivity index (χ1) is 19.1. The summed E-state index contributed by atoms with van der Waals surface area (Å²) in [5.74, 6) is 0.691. The molecule has 1 saturated carbocycles. The van der Waals surface area contributed by atoms with Gasteiger partial charge in [-0.15, -0.1) is 0 Å². The molecule has 1 aromatic heterocycles. The standard InChI is InChI=1S/C32H35N5O2/c1-35(2)22-14-12-21(13-15-22)33-26-20-27(37-18-16-36(17-19-37)23-8-4-3-5-9-23)30-29-28(26)31(38)24-10-6-7-11-25(24)32(29)39-34-30/h6-7,10-15,20,23,33H,3-5,8-9,16-19H2,1-2H3. The van der Waals surface area contributed by atoms with Crippen LogP contribution in [0.3, 0.4) is 0 Å². The molecule has 4 aromatic rings. The average molecular weight is 522 g/mol. The SMILES string of the molecule is CN(C)c1ccc(Nc2cc(N3CCN(C4CCCCC4)CC3)c3noc4c3c2C(=O)c2ccccc2-4)cc1. The molecule has 0 spiro atoms. The molecule has 0 amide bonds. The number of rotatable bonds is 5. The second-order valence-corrected chi connectivity index (χ2v) is 11.3. The fraction of sp³-hybridized carbons (Fsp3) is 0.375. The number of anilines is 4. The van der Waals surface area contributed by atoms with Crippen molar-refractivity contribution in [1.82, 2.24) is 10.1 Å². The van der Waals surface area contributed by atoms with Crippen molar-refractivity contribution in [3.8, 4) is 11.3 Å². The first-order valence-electron chi connectivity index (χ1n) is 14.2. The van der Waals surface area contributed by atoms with E-state index in [0.717, 1.165) is 71.4 Å². The fourth-order valence-electron chi connectivity index (χ4n) is 6.65. The van der Waals surface area contributed by atoms with Crippen molar-refractivity contribution >= 4 is 39.4 Å². The number of fused-ring (bicyclic) bond motifs is 2. The molecule has 2 heterocycles. The molecule has 3 aliphatic rings. The highest BCUT2D eigenvalue weighted by Crippen LogP contribution is 2.46. The lowest BCUT2D eigenvalue weighted by Crippen LogP contribution is -2.51. The Morgan fingerprint density at radius 3 is 2.36 bits per heavy atom. The molecular weight excluding hydrogens is 486 g/mol. The number of benzene rings is 3. The summed E-state index contributed by atoms with van der Waals surface area (Å²) in [6.07, 6.45) is 6.75. The van der Waals surface area contributed by atoms with Gasteiger partial charge in [-0.25, -0.2) is 0 Å². The predicted octanol–water partition coefficient (Wildman–Crippen LogP) is 6.30. The van der Waals surface area contributed by atoms with E-state index in [-0.39, 0.29) is 5.78 Å². The quantitative estimate of drug-likeness (QED) is 0.291. The van der Waals surface area contributed by atoms with Gasteiger partial charge in [-0.3, -0.25) is 9.69 Å². The Labute approximate surface area is 229 Å². The third-order valence-electron chi connectivity index (χ3n) is 8.79. The normalized spacial score (nSPS) is 17.9. The van der Waals surface area contributed by atoms with Crippen LogP contribution in [0, 0.1) is 0 Å². The lowest BCUT2D eigenvalue weighted by atomic mass is 9.86. The third-order valence-corrected chi connectivity index (χ3v) is 8.79. The molecule has 2 fully saturated rings. The molecule has 0 bridgehead atoms. The highest BCUT2D eigenvalue weighted by Gasteiger charge is 2.34. The Morgan fingerprint density at radius 1 is 0.923 bits per heavy atom. The summed E-state index contributed by atoms with van der Waals surface area (Å²) in [7, 11) is 4.06. The van der Waals surface area contributed by atoms with E-state index in [2.05, 4.69) is 55.5 Å². The monoisotopic (exact) mass is 521 g/mol. The van der Waals surface area contributed by atoms with Crippen LogP contribution in [0.15, 0.2) is 59.1 Å². The molecule has 1 saturated heterocycles. The molecular formula is C32H35N5O2. The highest BCUT2D eigenvalue weighted by molar-refractivity contribution is 6.28. The second kappa shape index (κ2) is 9.72. The lowest BCUT2D eigenvalue weighted by Gasteiger charge is -2.41. The van der Waals surface area contributed by atoms with E-state index in [1.54, 1.807) is 0 Å². The average Bonchev–Trinajstić information content (AvgIpc) is 3.42. The number of ketones is 1. The van der Waals surface area contributed by atoms with Gasteiger partial charge in [0.1, 0.15) is 5.52 Å². The molecule has 3 aromatic carbocycles. The molecule has 2 aliphatic carbocycles. The van der Waals surface area contributed by atoms with Gasteiger partial charge in [-0.1, -0.05) is 48.7 Å². The zero-order valence-electron chi connectivity index (χ0n) is 22.7. The van der Waals surface area contributed by atoms with E-state index < -0.39 is 0 Å². The summed E-state index contributed by atoms with van der Waals surface area (Å²) in [6, 6.07) is 18.8. The Morgan fingerprint density at radius 2 is 1.64 bits per heavy atom. The van der Waals surface area contributed by atoms with Crippen LogP contribution in [0.5, 0.6) is 0 Å². The maximum atomic E-state index is 13.9. The van der Waals surface area contributed by atoms with Crippen molar-refractivity contribution in [1.29, 1.82) is 0 Å². The number of nitrogens with zero attached hydrogens (tertiary/aromatic N) is 4. The first kappa shape index (κ1) is 24.2. The summed E-state index contributed by atoms with van der Waals surface area (Å²) >= 11 is 0. The van der Waals surface area contributed by atoms with Gasteiger partial charge in [0.15, 0.2) is 11.5 Å². The van der Waals surface area contributed by atoms with Crippen LogP contribution in [-0.2, 0) is 0 Å². The summed E-state index contributed by atoms with van der Waals surface area (Å²) in [4.78, 5) is 21.1. The topological polar surface area (TPSA) is 64.8 Å². The summed E-state index contributed by atoms with van der Waals surface area (Å²) in [5.41, 5.74) is 6.79. The van der Waals surface area contributed by atoms with Gasteiger partial charge in [0.25, 0.3) is 0 Å².